The molecule has 0 aliphatic heterocycles. The number of amides is 1. The maximum Gasteiger partial charge on any atom is 0.258 e. The van der Waals surface area contributed by atoms with Gasteiger partial charge in [-0.3, -0.25) is 4.79 Å². The third kappa shape index (κ3) is 2.20. The van der Waals surface area contributed by atoms with Crippen molar-refractivity contribution < 1.29 is 4.79 Å². The summed E-state index contributed by atoms with van der Waals surface area (Å²) in [4.78, 5) is 14.0. The first kappa shape index (κ1) is 11.8. The third-order valence-electron chi connectivity index (χ3n) is 2.94. The molecule has 0 spiro atoms. The molecular weight excluding hydrogens is 258 g/mol. The second-order valence-electron chi connectivity index (χ2n) is 4.16. The van der Waals surface area contributed by atoms with Crippen molar-refractivity contribution in [2.24, 2.45) is 0 Å². The lowest BCUT2D eigenvalue weighted by Crippen LogP contribution is -2.26. The molecule has 0 bridgehead atoms. The molecule has 19 heavy (non-hydrogen) atoms. The normalized spacial score (nSPS) is 10.6. The summed E-state index contributed by atoms with van der Waals surface area (Å²) in [5, 5.41) is 3.99. The summed E-state index contributed by atoms with van der Waals surface area (Å²) in [5.74, 6) is -0.0545. The van der Waals surface area contributed by atoms with Gasteiger partial charge in [-0.05, 0) is 41.9 Å². The average molecular weight is 269 g/mol. The fraction of sp³-hybridized carbons (Fsp3) is 0.0714. The topological polar surface area (TPSA) is 46.1 Å². The van der Waals surface area contributed by atoms with E-state index in [1.807, 2.05) is 42.5 Å². The van der Waals surface area contributed by atoms with Crippen LogP contribution in [0.1, 0.15) is 10.4 Å². The Morgan fingerprint density at radius 3 is 2.74 bits per heavy atom. The van der Waals surface area contributed by atoms with E-state index in [1.54, 1.807) is 18.0 Å². The molecule has 0 N–H and O–H groups in total. The molecule has 0 fully saturated rings. The number of carbonyl (C=O) groups is 1. The summed E-state index contributed by atoms with van der Waals surface area (Å²) in [6.45, 7) is 0. The van der Waals surface area contributed by atoms with Gasteiger partial charge in [0.2, 0.25) is 0 Å². The fourth-order valence-corrected chi connectivity index (χ4v) is 2.42. The molecule has 0 saturated carbocycles. The van der Waals surface area contributed by atoms with Crippen molar-refractivity contribution in [2.75, 3.05) is 11.9 Å². The van der Waals surface area contributed by atoms with Gasteiger partial charge < -0.3 is 4.90 Å². The zero-order valence-corrected chi connectivity index (χ0v) is 11.1. The number of nitrogens with zero attached hydrogens (tertiary/aromatic N) is 3. The molecule has 1 heterocycles. The first-order chi connectivity index (χ1) is 9.25. The highest BCUT2D eigenvalue weighted by molar-refractivity contribution is 7.12. The van der Waals surface area contributed by atoms with Crippen LogP contribution in [0, 0.1) is 0 Å². The van der Waals surface area contributed by atoms with Crippen molar-refractivity contribution in [1.82, 2.24) is 9.59 Å². The minimum absolute atomic E-state index is 0.0545. The lowest BCUT2D eigenvalue weighted by Gasteiger charge is -2.17. The largest absolute Gasteiger partial charge is 0.311 e. The third-order valence-corrected chi connectivity index (χ3v) is 3.65. The van der Waals surface area contributed by atoms with Gasteiger partial charge in [-0.15, -0.1) is 5.10 Å². The van der Waals surface area contributed by atoms with E-state index in [4.69, 9.17) is 0 Å². The van der Waals surface area contributed by atoms with Gasteiger partial charge in [0.1, 0.15) is 5.52 Å². The molecule has 1 amide bonds. The van der Waals surface area contributed by atoms with Crippen LogP contribution in [0.2, 0.25) is 0 Å². The van der Waals surface area contributed by atoms with Crippen LogP contribution in [-0.4, -0.2) is 22.5 Å². The molecule has 1 aromatic heterocycles. The molecular formula is C14H11N3OS. The monoisotopic (exact) mass is 269 g/mol. The standard InChI is InChI=1S/C14H11N3OS/c1-17(11-5-3-2-4-6-11)14(18)10-7-8-13-12(9-10)15-16-19-13/h2-9H,1H3. The smallest absolute Gasteiger partial charge is 0.258 e. The van der Waals surface area contributed by atoms with Gasteiger partial charge in [-0.2, -0.15) is 0 Å². The van der Waals surface area contributed by atoms with E-state index in [0.717, 1.165) is 15.9 Å². The number of aromatic nitrogens is 2. The van der Waals surface area contributed by atoms with E-state index in [2.05, 4.69) is 9.59 Å². The molecule has 94 valence electrons. The first-order valence-corrected chi connectivity index (χ1v) is 6.58. The van der Waals surface area contributed by atoms with Gasteiger partial charge in [0.05, 0.1) is 4.70 Å². The lowest BCUT2D eigenvalue weighted by atomic mass is 10.2. The second-order valence-corrected chi connectivity index (χ2v) is 4.94. The van der Waals surface area contributed by atoms with Crippen LogP contribution >= 0.6 is 11.5 Å². The Morgan fingerprint density at radius 1 is 1.16 bits per heavy atom. The summed E-state index contributed by atoms with van der Waals surface area (Å²) in [6, 6.07) is 15.0. The van der Waals surface area contributed by atoms with Crippen LogP contribution in [0.5, 0.6) is 0 Å². The summed E-state index contributed by atoms with van der Waals surface area (Å²) in [7, 11) is 1.77. The maximum absolute atomic E-state index is 12.4. The fourth-order valence-electron chi connectivity index (χ4n) is 1.88. The summed E-state index contributed by atoms with van der Waals surface area (Å²) in [5.41, 5.74) is 2.24. The van der Waals surface area contributed by atoms with Gasteiger partial charge in [0.15, 0.2) is 0 Å². The Morgan fingerprint density at radius 2 is 1.95 bits per heavy atom. The van der Waals surface area contributed by atoms with E-state index in [9.17, 15) is 4.79 Å². The van der Waals surface area contributed by atoms with Crippen LogP contribution < -0.4 is 4.90 Å². The van der Waals surface area contributed by atoms with Crippen molar-refractivity contribution in [2.45, 2.75) is 0 Å². The van der Waals surface area contributed by atoms with E-state index < -0.39 is 0 Å². The van der Waals surface area contributed by atoms with E-state index in [-0.39, 0.29) is 5.91 Å². The Labute approximate surface area is 114 Å². The van der Waals surface area contributed by atoms with Crippen molar-refractivity contribution >= 4 is 33.3 Å². The summed E-state index contributed by atoms with van der Waals surface area (Å²) < 4.78 is 4.86. The Balaban J connectivity index is 1.95. The summed E-state index contributed by atoms with van der Waals surface area (Å²) in [6.07, 6.45) is 0. The molecule has 0 saturated heterocycles. The van der Waals surface area contributed by atoms with Crippen molar-refractivity contribution in [3.8, 4) is 0 Å². The van der Waals surface area contributed by atoms with Gasteiger partial charge in [-0.1, -0.05) is 22.7 Å². The number of fused-ring (bicyclic) bond motifs is 1. The highest BCUT2D eigenvalue weighted by Gasteiger charge is 2.14. The molecule has 0 aliphatic carbocycles. The molecule has 2 aromatic carbocycles. The number of carbonyl (C=O) groups excluding carboxylic acids is 1. The number of anilines is 1. The van der Waals surface area contributed by atoms with E-state index in [1.165, 1.54) is 11.5 Å². The number of rotatable bonds is 2. The minimum Gasteiger partial charge on any atom is -0.311 e. The lowest BCUT2D eigenvalue weighted by molar-refractivity contribution is 0.0993. The second kappa shape index (κ2) is 4.78. The predicted molar refractivity (Wildman–Crippen MR) is 76.6 cm³/mol. The number of benzene rings is 2. The Kier molecular flexibility index (Phi) is 2.97. The molecule has 5 heteroatoms. The SMILES string of the molecule is CN(C(=O)c1ccc2snnc2c1)c1ccccc1. The van der Waals surface area contributed by atoms with Crippen LogP contribution in [0.4, 0.5) is 5.69 Å². The zero-order chi connectivity index (χ0) is 13.2. The van der Waals surface area contributed by atoms with Gasteiger partial charge in [0.25, 0.3) is 5.91 Å². The van der Waals surface area contributed by atoms with Crippen molar-refractivity contribution in [3.05, 3.63) is 54.1 Å². The molecule has 0 aliphatic rings. The maximum atomic E-state index is 12.4. The van der Waals surface area contributed by atoms with Gasteiger partial charge >= 0.3 is 0 Å². The molecule has 0 unspecified atom stereocenters. The molecule has 0 radical (unpaired) electrons. The highest BCUT2D eigenvalue weighted by atomic mass is 32.1. The predicted octanol–water partition coefficient (Wildman–Crippen LogP) is 2.97. The quantitative estimate of drug-likeness (QED) is 0.718. The average Bonchev–Trinajstić information content (AvgIpc) is 2.94. The van der Waals surface area contributed by atoms with Crippen LogP contribution in [0.3, 0.4) is 0 Å². The van der Waals surface area contributed by atoms with Crippen molar-refractivity contribution in [1.29, 1.82) is 0 Å². The summed E-state index contributed by atoms with van der Waals surface area (Å²) >= 11 is 1.33. The van der Waals surface area contributed by atoms with E-state index in [0.29, 0.717) is 5.56 Å². The highest BCUT2D eigenvalue weighted by Crippen LogP contribution is 2.19. The zero-order valence-electron chi connectivity index (χ0n) is 10.3. The molecule has 4 nitrogen and oxygen atoms in total. The van der Waals surface area contributed by atoms with Crippen LogP contribution in [0.15, 0.2) is 48.5 Å². The van der Waals surface area contributed by atoms with Gasteiger partial charge in [-0.25, -0.2) is 0 Å². The molecule has 3 aromatic rings. The number of hydrogen-bond acceptors (Lipinski definition) is 4. The molecule has 0 atom stereocenters. The van der Waals surface area contributed by atoms with Gasteiger partial charge in [0, 0.05) is 18.3 Å². The first-order valence-electron chi connectivity index (χ1n) is 5.81. The van der Waals surface area contributed by atoms with Crippen molar-refractivity contribution in [3.63, 3.8) is 0 Å². The van der Waals surface area contributed by atoms with Crippen LogP contribution in [0.25, 0.3) is 10.2 Å². The number of hydrogen-bond donors (Lipinski definition) is 0. The molecule has 3 rings (SSSR count). The Hall–Kier alpha value is -2.27. The van der Waals surface area contributed by atoms with E-state index >= 15 is 0 Å². The van der Waals surface area contributed by atoms with Crippen LogP contribution in [-0.2, 0) is 0 Å². The minimum atomic E-state index is -0.0545. The number of para-hydroxylation sites is 1. The Bertz CT molecular complexity index is 724.